The van der Waals surface area contributed by atoms with E-state index in [1.54, 1.807) is 18.4 Å². The van der Waals surface area contributed by atoms with Gasteiger partial charge in [-0.05, 0) is 43.7 Å². The van der Waals surface area contributed by atoms with Crippen molar-refractivity contribution in [2.45, 2.75) is 25.8 Å². The van der Waals surface area contributed by atoms with Gasteiger partial charge in [0.1, 0.15) is 0 Å². The van der Waals surface area contributed by atoms with Crippen molar-refractivity contribution in [1.29, 1.82) is 0 Å². The van der Waals surface area contributed by atoms with Gasteiger partial charge in [-0.3, -0.25) is 4.79 Å². The Morgan fingerprint density at radius 3 is 3.20 bits per heavy atom. The highest BCUT2D eigenvalue weighted by atomic mass is 32.1. The topological polar surface area (TPSA) is 41.6 Å². The second-order valence-corrected chi connectivity index (χ2v) is 6.25. The van der Waals surface area contributed by atoms with E-state index in [2.05, 4.69) is 17.1 Å². The number of carbonyl (C=O) groups excluding carboxylic acids is 1. The van der Waals surface area contributed by atoms with Crippen molar-refractivity contribution in [3.8, 4) is 0 Å². The summed E-state index contributed by atoms with van der Waals surface area (Å²) in [6, 6.07) is 2.09. The van der Waals surface area contributed by atoms with Gasteiger partial charge in [0.15, 0.2) is 0 Å². The molecule has 0 aromatic carbocycles. The van der Waals surface area contributed by atoms with E-state index in [9.17, 15) is 4.79 Å². The number of ether oxygens (including phenoxy) is 1. The van der Waals surface area contributed by atoms with E-state index in [4.69, 9.17) is 4.74 Å². The third-order valence-electron chi connectivity index (χ3n) is 4.00. The van der Waals surface area contributed by atoms with Gasteiger partial charge in [-0.2, -0.15) is 11.3 Å². The number of nitrogens with zero attached hydrogens (tertiary/aromatic N) is 1. The Morgan fingerprint density at radius 2 is 2.50 bits per heavy atom. The van der Waals surface area contributed by atoms with Crippen LogP contribution in [0.25, 0.3) is 0 Å². The summed E-state index contributed by atoms with van der Waals surface area (Å²) in [4.78, 5) is 14.5. The summed E-state index contributed by atoms with van der Waals surface area (Å²) in [6.07, 6.45) is 2.39. The zero-order valence-electron chi connectivity index (χ0n) is 12.3. The van der Waals surface area contributed by atoms with E-state index in [0.717, 1.165) is 31.8 Å². The van der Waals surface area contributed by atoms with Crippen molar-refractivity contribution in [3.05, 3.63) is 22.4 Å². The standard InChI is InChI=1S/C15H24N2O2S/c1-12(16-15(18)14-5-9-20-11-14)13-4-3-6-17(10-13)7-8-19-2/h5,9,11-13H,3-4,6-8,10H2,1-2H3,(H,16,18). The molecular weight excluding hydrogens is 272 g/mol. The lowest BCUT2D eigenvalue weighted by atomic mass is 9.91. The maximum absolute atomic E-state index is 12.1. The van der Waals surface area contributed by atoms with E-state index in [0.29, 0.717) is 5.92 Å². The van der Waals surface area contributed by atoms with Gasteiger partial charge in [-0.15, -0.1) is 0 Å². The molecule has 0 radical (unpaired) electrons. The van der Waals surface area contributed by atoms with Crippen LogP contribution < -0.4 is 5.32 Å². The van der Waals surface area contributed by atoms with E-state index >= 15 is 0 Å². The van der Waals surface area contributed by atoms with Gasteiger partial charge >= 0.3 is 0 Å². The third kappa shape index (κ3) is 4.30. The zero-order valence-corrected chi connectivity index (χ0v) is 13.1. The van der Waals surface area contributed by atoms with Crippen molar-refractivity contribution in [2.75, 3.05) is 33.4 Å². The SMILES string of the molecule is COCCN1CCCC(C(C)NC(=O)c2ccsc2)C1. The number of piperidine rings is 1. The minimum absolute atomic E-state index is 0.0489. The highest BCUT2D eigenvalue weighted by Gasteiger charge is 2.25. The van der Waals surface area contributed by atoms with Crippen LogP contribution in [0.15, 0.2) is 16.8 Å². The molecule has 0 spiro atoms. The summed E-state index contributed by atoms with van der Waals surface area (Å²) < 4.78 is 5.14. The molecule has 4 nitrogen and oxygen atoms in total. The zero-order chi connectivity index (χ0) is 14.4. The number of thiophene rings is 1. The molecule has 2 unspecified atom stereocenters. The van der Waals surface area contributed by atoms with Crippen LogP contribution >= 0.6 is 11.3 Å². The minimum atomic E-state index is 0.0489. The van der Waals surface area contributed by atoms with Crippen LogP contribution in [0.1, 0.15) is 30.1 Å². The predicted molar refractivity (Wildman–Crippen MR) is 82.3 cm³/mol. The molecule has 1 saturated heterocycles. The number of amides is 1. The maximum Gasteiger partial charge on any atom is 0.252 e. The van der Waals surface area contributed by atoms with E-state index in [1.807, 2.05) is 16.8 Å². The Balaban J connectivity index is 1.82. The molecule has 1 aromatic heterocycles. The monoisotopic (exact) mass is 296 g/mol. The van der Waals surface area contributed by atoms with Gasteiger partial charge in [0.25, 0.3) is 5.91 Å². The predicted octanol–water partition coefficient (Wildman–Crippen LogP) is 2.22. The van der Waals surface area contributed by atoms with Crippen LogP contribution in [-0.4, -0.2) is 50.2 Å². The van der Waals surface area contributed by atoms with Crippen LogP contribution in [0, 0.1) is 5.92 Å². The summed E-state index contributed by atoms with van der Waals surface area (Å²) in [5.74, 6) is 0.580. The van der Waals surface area contributed by atoms with Gasteiger partial charge in [-0.25, -0.2) is 0 Å². The summed E-state index contributed by atoms with van der Waals surface area (Å²) in [5.41, 5.74) is 0.772. The molecular formula is C15H24N2O2S. The Labute approximate surface area is 125 Å². The van der Waals surface area contributed by atoms with E-state index in [-0.39, 0.29) is 11.9 Å². The first-order valence-electron chi connectivity index (χ1n) is 7.25. The number of rotatable bonds is 6. The molecule has 1 fully saturated rings. The molecule has 2 atom stereocenters. The quantitative estimate of drug-likeness (QED) is 0.875. The minimum Gasteiger partial charge on any atom is -0.383 e. The second kappa shape index (κ2) is 7.76. The van der Waals surface area contributed by atoms with Crippen LogP contribution in [0.5, 0.6) is 0 Å². The molecule has 1 N–H and O–H groups in total. The smallest absolute Gasteiger partial charge is 0.252 e. The van der Waals surface area contributed by atoms with Crippen LogP contribution in [0.4, 0.5) is 0 Å². The lowest BCUT2D eigenvalue weighted by Gasteiger charge is -2.35. The fraction of sp³-hybridized carbons (Fsp3) is 0.667. The molecule has 1 amide bonds. The molecule has 2 rings (SSSR count). The van der Waals surface area contributed by atoms with Crippen LogP contribution in [0.2, 0.25) is 0 Å². The number of nitrogens with one attached hydrogen (secondary N) is 1. The number of hydrogen-bond donors (Lipinski definition) is 1. The third-order valence-corrected chi connectivity index (χ3v) is 4.69. The largest absolute Gasteiger partial charge is 0.383 e. The second-order valence-electron chi connectivity index (χ2n) is 5.47. The molecule has 20 heavy (non-hydrogen) atoms. The van der Waals surface area contributed by atoms with Gasteiger partial charge in [0, 0.05) is 37.2 Å². The fourth-order valence-corrected chi connectivity index (χ4v) is 3.36. The number of methoxy groups -OCH3 is 1. The molecule has 5 heteroatoms. The Hall–Kier alpha value is -0.910. The van der Waals surface area contributed by atoms with Gasteiger partial charge in [0.05, 0.1) is 6.61 Å². The Kier molecular flexibility index (Phi) is 6.01. The summed E-state index contributed by atoms with van der Waals surface area (Å²) in [5, 5.41) is 6.97. The molecule has 0 saturated carbocycles. The van der Waals surface area contributed by atoms with Crippen molar-refractivity contribution in [3.63, 3.8) is 0 Å². The van der Waals surface area contributed by atoms with Crippen molar-refractivity contribution in [2.24, 2.45) is 5.92 Å². The lowest BCUT2D eigenvalue weighted by Crippen LogP contribution is -2.46. The molecule has 2 heterocycles. The average molecular weight is 296 g/mol. The molecule has 112 valence electrons. The van der Waals surface area contributed by atoms with Gasteiger partial charge < -0.3 is 15.0 Å². The van der Waals surface area contributed by atoms with Crippen LogP contribution in [0.3, 0.4) is 0 Å². The van der Waals surface area contributed by atoms with Crippen LogP contribution in [-0.2, 0) is 4.74 Å². The maximum atomic E-state index is 12.1. The van der Waals surface area contributed by atoms with Gasteiger partial charge in [-0.1, -0.05) is 0 Å². The summed E-state index contributed by atoms with van der Waals surface area (Å²) >= 11 is 1.56. The summed E-state index contributed by atoms with van der Waals surface area (Å²) in [6.45, 7) is 6.08. The van der Waals surface area contributed by atoms with E-state index < -0.39 is 0 Å². The highest BCUT2D eigenvalue weighted by Crippen LogP contribution is 2.20. The van der Waals surface area contributed by atoms with Crippen molar-refractivity contribution in [1.82, 2.24) is 10.2 Å². The first-order chi connectivity index (χ1) is 9.70. The Bertz CT molecular complexity index is 408. The number of carbonyl (C=O) groups is 1. The summed E-state index contributed by atoms with van der Waals surface area (Å²) in [7, 11) is 1.74. The molecule has 0 bridgehead atoms. The Morgan fingerprint density at radius 1 is 1.65 bits per heavy atom. The first kappa shape index (κ1) is 15.5. The molecule has 0 aliphatic carbocycles. The van der Waals surface area contributed by atoms with Crippen molar-refractivity contribution >= 4 is 17.2 Å². The van der Waals surface area contributed by atoms with Crippen molar-refractivity contribution < 1.29 is 9.53 Å². The molecule has 1 aromatic rings. The average Bonchev–Trinajstić information content (AvgIpc) is 2.99. The molecule has 1 aliphatic rings. The lowest BCUT2D eigenvalue weighted by molar-refractivity contribution is 0.0855. The number of hydrogen-bond acceptors (Lipinski definition) is 4. The first-order valence-corrected chi connectivity index (χ1v) is 8.19. The fourth-order valence-electron chi connectivity index (χ4n) is 2.72. The van der Waals surface area contributed by atoms with Gasteiger partial charge in [0.2, 0.25) is 0 Å². The highest BCUT2D eigenvalue weighted by molar-refractivity contribution is 7.08. The molecule has 1 aliphatic heterocycles. The number of likely N-dealkylation sites (tertiary alicyclic amines) is 1. The van der Waals surface area contributed by atoms with E-state index in [1.165, 1.54) is 12.8 Å². The normalized spacial score (nSPS) is 21.6.